The van der Waals surface area contributed by atoms with Gasteiger partial charge >= 0.3 is 83.7 Å². The summed E-state index contributed by atoms with van der Waals surface area (Å²) in [4.78, 5) is 0.342. The standard InChI is InChI=1S/C10H12O2Se/c11-9-6-12-7-10(9)13-8-4-2-1-3-5-8/h1-5,9-11H,6-7H2. The summed E-state index contributed by atoms with van der Waals surface area (Å²) in [6.45, 7) is 1.23. The van der Waals surface area contributed by atoms with Crippen molar-refractivity contribution >= 4 is 19.4 Å². The normalized spacial score (nSPS) is 27.8. The molecule has 0 radical (unpaired) electrons. The van der Waals surface area contributed by atoms with E-state index in [9.17, 15) is 5.11 Å². The Hall–Kier alpha value is -0.341. The summed E-state index contributed by atoms with van der Waals surface area (Å²) in [5, 5.41) is 9.54. The van der Waals surface area contributed by atoms with Gasteiger partial charge in [-0.3, -0.25) is 0 Å². The fourth-order valence-corrected chi connectivity index (χ4v) is 3.54. The van der Waals surface area contributed by atoms with Crippen molar-refractivity contribution in [1.29, 1.82) is 0 Å². The molecular weight excluding hydrogens is 231 g/mol. The van der Waals surface area contributed by atoms with Gasteiger partial charge in [0, 0.05) is 0 Å². The zero-order valence-corrected chi connectivity index (χ0v) is 8.93. The van der Waals surface area contributed by atoms with Gasteiger partial charge in [-0.15, -0.1) is 0 Å². The third-order valence-electron chi connectivity index (χ3n) is 2.03. The van der Waals surface area contributed by atoms with E-state index in [-0.39, 0.29) is 6.10 Å². The molecule has 1 fully saturated rings. The second kappa shape index (κ2) is 4.25. The van der Waals surface area contributed by atoms with E-state index in [2.05, 4.69) is 12.1 Å². The Morgan fingerprint density at radius 2 is 2.00 bits per heavy atom. The van der Waals surface area contributed by atoms with Gasteiger partial charge in [0.05, 0.1) is 0 Å². The van der Waals surface area contributed by atoms with Crippen LogP contribution in [-0.2, 0) is 4.74 Å². The van der Waals surface area contributed by atoms with Gasteiger partial charge in [0.2, 0.25) is 0 Å². The Kier molecular flexibility index (Phi) is 3.01. The summed E-state index contributed by atoms with van der Waals surface area (Å²) in [5.74, 6) is 0. The van der Waals surface area contributed by atoms with E-state index in [1.165, 1.54) is 4.46 Å². The Morgan fingerprint density at radius 3 is 2.62 bits per heavy atom. The molecule has 1 aromatic rings. The second-order valence-electron chi connectivity index (χ2n) is 3.07. The average Bonchev–Trinajstić information content (AvgIpc) is 2.54. The molecule has 2 atom stereocenters. The van der Waals surface area contributed by atoms with Crippen LogP contribution in [-0.4, -0.2) is 39.4 Å². The molecule has 1 aliphatic heterocycles. The van der Waals surface area contributed by atoms with Crippen molar-refractivity contribution < 1.29 is 9.84 Å². The fourth-order valence-electron chi connectivity index (χ4n) is 1.31. The van der Waals surface area contributed by atoms with Gasteiger partial charge in [-0.05, 0) is 0 Å². The molecule has 0 aliphatic carbocycles. The maximum atomic E-state index is 9.54. The van der Waals surface area contributed by atoms with Gasteiger partial charge in [0.1, 0.15) is 0 Å². The van der Waals surface area contributed by atoms with Crippen LogP contribution < -0.4 is 4.46 Å². The number of hydrogen-bond acceptors (Lipinski definition) is 2. The first-order valence-corrected chi connectivity index (χ1v) is 6.18. The predicted molar refractivity (Wildman–Crippen MR) is 52.4 cm³/mol. The third kappa shape index (κ3) is 2.32. The zero-order valence-electron chi connectivity index (χ0n) is 7.22. The Bertz CT molecular complexity index is 263. The van der Waals surface area contributed by atoms with Crippen molar-refractivity contribution in [3.8, 4) is 0 Å². The zero-order chi connectivity index (χ0) is 9.10. The van der Waals surface area contributed by atoms with Crippen LogP contribution in [0.2, 0.25) is 4.82 Å². The summed E-state index contributed by atoms with van der Waals surface area (Å²) in [6.07, 6.45) is -0.250. The van der Waals surface area contributed by atoms with E-state index >= 15 is 0 Å². The summed E-state index contributed by atoms with van der Waals surface area (Å²) in [5.41, 5.74) is 0. The van der Waals surface area contributed by atoms with E-state index in [1.54, 1.807) is 0 Å². The van der Waals surface area contributed by atoms with Crippen LogP contribution in [0.4, 0.5) is 0 Å². The Balaban J connectivity index is 1.98. The molecule has 1 aromatic carbocycles. The van der Waals surface area contributed by atoms with E-state index < -0.39 is 0 Å². The molecule has 2 unspecified atom stereocenters. The maximum absolute atomic E-state index is 9.54. The minimum absolute atomic E-state index is 0.250. The first kappa shape index (κ1) is 9.22. The van der Waals surface area contributed by atoms with Crippen LogP contribution in [0.3, 0.4) is 0 Å². The molecule has 1 N–H and O–H groups in total. The average molecular weight is 243 g/mol. The van der Waals surface area contributed by atoms with Crippen molar-refractivity contribution in [3.05, 3.63) is 30.3 Å². The topological polar surface area (TPSA) is 29.5 Å². The van der Waals surface area contributed by atoms with Crippen molar-refractivity contribution in [1.82, 2.24) is 0 Å². The molecule has 1 aliphatic rings. The quantitative estimate of drug-likeness (QED) is 0.752. The molecule has 2 nitrogen and oxygen atoms in total. The second-order valence-corrected chi connectivity index (χ2v) is 5.83. The van der Waals surface area contributed by atoms with Crippen molar-refractivity contribution in [3.63, 3.8) is 0 Å². The molecule has 0 saturated carbocycles. The molecule has 2 rings (SSSR count). The molecule has 3 heteroatoms. The predicted octanol–water partition coefficient (Wildman–Crippen LogP) is 0.196. The Morgan fingerprint density at radius 1 is 1.23 bits per heavy atom. The summed E-state index contributed by atoms with van der Waals surface area (Å²) in [6, 6.07) is 10.3. The van der Waals surface area contributed by atoms with E-state index in [4.69, 9.17) is 4.74 Å². The first-order valence-electron chi connectivity index (χ1n) is 4.34. The van der Waals surface area contributed by atoms with Crippen LogP contribution in [0.1, 0.15) is 0 Å². The van der Waals surface area contributed by atoms with Crippen LogP contribution in [0, 0.1) is 0 Å². The number of aliphatic hydroxyl groups is 1. The molecular formula is C10H12O2Se. The minimum atomic E-state index is -0.250. The molecule has 1 heterocycles. The van der Waals surface area contributed by atoms with Crippen LogP contribution in [0.15, 0.2) is 30.3 Å². The van der Waals surface area contributed by atoms with Crippen LogP contribution >= 0.6 is 0 Å². The molecule has 1 saturated heterocycles. The van der Waals surface area contributed by atoms with Crippen molar-refractivity contribution in [2.24, 2.45) is 0 Å². The first-order chi connectivity index (χ1) is 6.36. The van der Waals surface area contributed by atoms with Gasteiger partial charge in [-0.25, -0.2) is 0 Å². The summed E-state index contributed by atoms with van der Waals surface area (Å²) < 4.78 is 6.54. The summed E-state index contributed by atoms with van der Waals surface area (Å²) in [7, 11) is 0. The van der Waals surface area contributed by atoms with Crippen molar-refractivity contribution in [2.75, 3.05) is 13.2 Å². The van der Waals surface area contributed by atoms with Crippen LogP contribution in [0.5, 0.6) is 0 Å². The molecule has 0 bridgehead atoms. The number of benzene rings is 1. The molecule has 0 aromatic heterocycles. The molecule has 13 heavy (non-hydrogen) atoms. The Labute approximate surface area is 84.1 Å². The summed E-state index contributed by atoms with van der Waals surface area (Å²) >= 11 is 0.344. The SMILES string of the molecule is OC1COCC1[Se]c1ccccc1. The van der Waals surface area contributed by atoms with E-state index in [1.807, 2.05) is 18.2 Å². The third-order valence-corrected chi connectivity index (χ3v) is 4.75. The molecule has 0 spiro atoms. The van der Waals surface area contributed by atoms with Gasteiger partial charge in [0.25, 0.3) is 0 Å². The van der Waals surface area contributed by atoms with Gasteiger partial charge in [-0.1, -0.05) is 0 Å². The van der Waals surface area contributed by atoms with E-state index in [0.717, 1.165) is 6.61 Å². The number of rotatable bonds is 2. The van der Waals surface area contributed by atoms with Gasteiger partial charge in [0.15, 0.2) is 0 Å². The van der Waals surface area contributed by atoms with Gasteiger partial charge in [-0.2, -0.15) is 0 Å². The number of hydrogen-bond donors (Lipinski definition) is 1. The monoisotopic (exact) mass is 244 g/mol. The van der Waals surface area contributed by atoms with Crippen molar-refractivity contribution in [2.45, 2.75) is 10.9 Å². The number of aliphatic hydroxyl groups excluding tert-OH is 1. The fraction of sp³-hybridized carbons (Fsp3) is 0.400. The van der Waals surface area contributed by atoms with Gasteiger partial charge < -0.3 is 0 Å². The molecule has 0 amide bonds. The number of ether oxygens (including phenoxy) is 1. The molecule has 70 valence electrons. The van der Waals surface area contributed by atoms with Crippen LogP contribution in [0.25, 0.3) is 0 Å². The van der Waals surface area contributed by atoms with E-state index in [0.29, 0.717) is 26.4 Å².